The Morgan fingerprint density at radius 2 is 1.47 bits per heavy atom. The first-order chi connectivity index (χ1) is 18.2. The van der Waals surface area contributed by atoms with Crippen molar-refractivity contribution in [2.24, 2.45) is 11.8 Å². The number of aromatic carboxylic acids is 1. The number of ether oxygens (including phenoxy) is 1. The molecule has 200 valence electrons. The van der Waals surface area contributed by atoms with Gasteiger partial charge in [0.05, 0.1) is 18.0 Å². The summed E-state index contributed by atoms with van der Waals surface area (Å²) in [5.74, 6) is -6.67. The molecule has 3 N–H and O–H groups in total. The van der Waals surface area contributed by atoms with Gasteiger partial charge in [0, 0.05) is 35.2 Å². The van der Waals surface area contributed by atoms with Crippen LogP contribution in [0.1, 0.15) is 48.0 Å². The molecule has 3 aromatic rings. The molecular weight excluding hydrogens is 524 g/mol. The van der Waals surface area contributed by atoms with Crippen LogP contribution in [-0.2, 0) is 5.66 Å². The van der Waals surface area contributed by atoms with Gasteiger partial charge in [0.1, 0.15) is 28.6 Å². The molecule has 1 heterocycles. The largest absolute Gasteiger partial charge is 0.493 e. The highest BCUT2D eigenvalue weighted by atomic mass is 35.5. The van der Waals surface area contributed by atoms with E-state index >= 15 is 0 Å². The van der Waals surface area contributed by atoms with E-state index in [0.717, 1.165) is 61.9 Å². The van der Waals surface area contributed by atoms with Crippen LogP contribution in [0, 0.1) is 35.1 Å². The van der Waals surface area contributed by atoms with Crippen molar-refractivity contribution in [1.29, 1.82) is 0 Å². The Balaban J connectivity index is 1.56. The van der Waals surface area contributed by atoms with Crippen LogP contribution in [0.5, 0.6) is 5.75 Å². The lowest BCUT2D eigenvalue weighted by molar-refractivity contribution is 0.0686. The van der Waals surface area contributed by atoms with Crippen LogP contribution < -0.4 is 15.4 Å². The summed E-state index contributed by atoms with van der Waals surface area (Å²) in [6.45, 7) is -0.0302. The molecule has 0 amide bonds. The van der Waals surface area contributed by atoms with Gasteiger partial charge in [-0.15, -0.1) is 0 Å². The third kappa shape index (κ3) is 4.87. The third-order valence-electron chi connectivity index (χ3n) is 7.46. The highest BCUT2D eigenvalue weighted by Gasteiger charge is 2.49. The summed E-state index contributed by atoms with van der Waals surface area (Å²) in [7, 11) is 0. The number of hydrogen-bond acceptors (Lipinski definition) is 4. The fourth-order valence-electron chi connectivity index (χ4n) is 5.64. The minimum absolute atomic E-state index is 0.0302. The molecule has 1 aliphatic heterocycles. The van der Waals surface area contributed by atoms with Crippen LogP contribution in [0.25, 0.3) is 0 Å². The van der Waals surface area contributed by atoms with Crippen LogP contribution in [0.15, 0.2) is 48.5 Å². The zero-order valence-corrected chi connectivity index (χ0v) is 20.9. The Hall–Kier alpha value is -3.46. The normalized spacial score (nSPS) is 17.3. The van der Waals surface area contributed by atoms with Gasteiger partial charge in [0.15, 0.2) is 11.6 Å². The zero-order chi connectivity index (χ0) is 27.0. The lowest BCUT2D eigenvalue weighted by Crippen LogP contribution is -2.51. The van der Waals surface area contributed by atoms with Gasteiger partial charge >= 0.3 is 5.97 Å². The number of rotatable bonds is 7. The van der Waals surface area contributed by atoms with Crippen molar-refractivity contribution in [2.75, 3.05) is 17.2 Å². The summed E-state index contributed by atoms with van der Waals surface area (Å²) >= 11 is 6.15. The molecule has 1 saturated carbocycles. The summed E-state index contributed by atoms with van der Waals surface area (Å²) in [6.07, 6.45) is 4.73. The Kier molecular flexibility index (Phi) is 7.13. The Bertz CT molecular complexity index is 1310. The number of halogens is 5. The molecular formula is C28H25ClF4N2O3. The molecule has 3 aromatic carbocycles. The second-order valence-corrected chi connectivity index (χ2v) is 10.2. The third-order valence-corrected chi connectivity index (χ3v) is 7.71. The maximum absolute atomic E-state index is 14.4. The predicted molar refractivity (Wildman–Crippen MR) is 136 cm³/mol. The summed E-state index contributed by atoms with van der Waals surface area (Å²) < 4.78 is 63.0. The highest BCUT2D eigenvalue weighted by molar-refractivity contribution is 6.30. The maximum Gasteiger partial charge on any atom is 0.341 e. The van der Waals surface area contributed by atoms with Crippen LogP contribution in [0.2, 0.25) is 5.02 Å². The number of carboxylic acid groups (broad SMARTS) is 1. The number of hydrogen-bond donors (Lipinski definition) is 3. The fourth-order valence-corrected chi connectivity index (χ4v) is 5.77. The van der Waals surface area contributed by atoms with Crippen molar-refractivity contribution < 1.29 is 32.2 Å². The van der Waals surface area contributed by atoms with E-state index in [1.165, 1.54) is 0 Å². The molecule has 0 spiro atoms. The second kappa shape index (κ2) is 10.4. The molecule has 38 heavy (non-hydrogen) atoms. The van der Waals surface area contributed by atoms with Crippen molar-refractivity contribution in [3.63, 3.8) is 0 Å². The minimum Gasteiger partial charge on any atom is -0.493 e. The molecule has 0 saturated heterocycles. The Morgan fingerprint density at radius 1 is 0.921 bits per heavy atom. The van der Waals surface area contributed by atoms with E-state index in [2.05, 4.69) is 10.6 Å². The van der Waals surface area contributed by atoms with E-state index in [4.69, 9.17) is 21.4 Å². The standard InChI is InChI=1S/C28H25ClF4N2O3/c29-17-8-6-16(7-9-17)28(34-24-12-20(30)21(31)13-25(24)35-28)19(15-4-2-1-3-5-15)14-38-18-10-22(32)26(27(36)37)23(33)11-18/h6-13,15,19,34-35H,1-5,14H2,(H,36,37). The topological polar surface area (TPSA) is 70.6 Å². The van der Waals surface area contributed by atoms with Gasteiger partial charge in [-0.05, 0) is 36.5 Å². The molecule has 2 aliphatic rings. The quantitative estimate of drug-likeness (QED) is 0.266. The number of fused-ring (bicyclic) bond motifs is 1. The second-order valence-electron chi connectivity index (χ2n) is 9.76. The first-order valence-electron chi connectivity index (χ1n) is 12.3. The highest BCUT2D eigenvalue weighted by Crippen LogP contribution is 2.49. The molecule has 10 heteroatoms. The van der Waals surface area contributed by atoms with Crippen LogP contribution in [0.3, 0.4) is 0 Å². The molecule has 0 aromatic heterocycles. The van der Waals surface area contributed by atoms with Crippen molar-refractivity contribution in [2.45, 2.75) is 37.8 Å². The van der Waals surface area contributed by atoms with Crippen molar-refractivity contribution in [1.82, 2.24) is 0 Å². The Labute approximate surface area is 221 Å². The predicted octanol–water partition coefficient (Wildman–Crippen LogP) is 7.56. The average molecular weight is 549 g/mol. The SMILES string of the molecule is O=C(O)c1c(F)cc(OCC(C2CCCCC2)C2(c3ccc(Cl)cc3)Nc3cc(F)c(F)cc3N2)cc1F. The smallest absolute Gasteiger partial charge is 0.341 e. The minimum atomic E-state index is -1.72. The molecule has 5 nitrogen and oxygen atoms in total. The van der Waals surface area contributed by atoms with Crippen LogP contribution >= 0.6 is 11.6 Å². The molecule has 1 unspecified atom stereocenters. The molecule has 0 bridgehead atoms. The molecule has 1 fully saturated rings. The number of anilines is 2. The van der Waals surface area contributed by atoms with E-state index in [9.17, 15) is 22.4 Å². The van der Waals surface area contributed by atoms with Crippen molar-refractivity contribution >= 4 is 28.9 Å². The van der Waals surface area contributed by atoms with Gasteiger partial charge in [-0.3, -0.25) is 0 Å². The lowest BCUT2D eigenvalue weighted by atomic mass is 9.72. The number of carbonyl (C=O) groups is 1. The monoisotopic (exact) mass is 548 g/mol. The van der Waals surface area contributed by atoms with Gasteiger partial charge in [-0.2, -0.15) is 0 Å². The molecule has 1 atom stereocenters. The van der Waals surface area contributed by atoms with Gasteiger partial charge in [-0.1, -0.05) is 43.0 Å². The van der Waals surface area contributed by atoms with Crippen molar-refractivity contribution in [3.05, 3.63) is 87.9 Å². The zero-order valence-electron chi connectivity index (χ0n) is 20.2. The van der Waals surface area contributed by atoms with E-state index in [1.54, 1.807) is 24.3 Å². The molecule has 5 rings (SSSR count). The number of benzene rings is 3. The first-order valence-corrected chi connectivity index (χ1v) is 12.7. The van der Waals surface area contributed by atoms with Crippen LogP contribution in [-0.4, -0.2) is 17.7 Å². The van der Waals surface area contributed by atoms with Crippen molar-refractivity contribution in [3.8, 4) is 5.75 Å². The average Bonchev–Trinajstić information content (AvgIpc) is 3.23. The summed E-state index contributed by atoms with van der Waals surface area (Å²) in [5.41, 5.74) is -0.688. The fraction of sp³-hybridized carbons (Fsp3) is 0.321. The van der Waals surface area contributed by atoms with E-state index < -0.39 is 40.5 Å². The van der Waals surface area contributed by atoms with Gasteiger partial charge in [-0.25, -0.2) is 22.4 Å². The van der Waals surface area contributed by atoms with Gasteiger partial charge < -0.3 is 20.5 Å². The summed E-state index contributed by atoms with van der Waals surface area (Å²) in [6, 6.07) is 10.9. The van der Waals surface area contributed by atoms with E-state index in [1.807, 2.05) is 0 Å². The van der Waals surface area contributed by atoms with E-state index in [0.29, 0.717) is 16.4 Å². The molecule has 0 radical (unpaired) electrons. The number of nitrogens with one attached hydrogen (secondary N) is 2. The molecule has 1 aliphatic carbocycles. The Morgan fingerprint density at radius 3 is 2.00 bits per heavy atom. The first kappa shape index (κ1) is 26.2. The van der Waals surface area contributed by atoms with Crippen LogP contribution in [0.4, 0.5) is 28.9 Å². The maximum atomic E-state index is 14.4. The van der Waals surface area contributed by atoms with Gasteiger partial charge in [0.2, 0.25) is 0 Å². The summed E-state index contributed by atoms with van der Waals surface area (Å²) in [5, 5.41) is 16.3. The number of carboxylic acids is 1. The lowest BCUT2D eigenvalue weighted by Gasteiger charge is -2.44. The van der Waals surface area contributed by atoms with E-state index in [-0.39, 0.29) is 24.2 Å². The van der Waals surface area contributed by atoms with Gasteiger partial charge in [0.25, 0.3) is 0 Å². The summed E-state index contributed by atoms with van der Waals surface area (Å²) in [4.78, 5) is 11.2.